The molecule has 0 aliphatic heterocycles. The van der Waals surface area contributed by atoms with E-state index in [9.17, 15) is 0 Å². The summed E-state index contributed by atoms with van der Waals surface area (Å²) in [6.07, 6.45) is 4.50. The second kappa shape index (κ2) is 5.12. The van der Waals surface area contributed by atoms with Crippen LogP contribution in [0.4, 0.5) is 5.69 Å². The summed E-state index contributed by atoms with van der Waals surface area (Å²) in [4.78, 5) is 4.27. The van der Waals surface area contributed by atoms with Crippen molar-refractivity contribution in [1.29, 1.82) is 0 Å². The third-order valence-electron chi connectivity index (χ3n) is 2.50. The predicted molar refractivity (Wildman–Crippen MR) is 60.8 cm³/mol. The van der Waals surface area contributed by atoms with Crippen molar-refractivity contribution in [2.45, 2.75) is 26.4 Å². The van der Waals surface area contributed by atoms with Gasteiger partial charge in [-0.05, 0) is 37.8 Å². The Morgan fingerprint density at radius 1 is 1.53 bits per heavy atom. The third kappa shape index (κ3) is 3.51. The van der Waals surface area contributed by atoms with E-state index in [1.807, 2.05) is 12.3 Å². The van der Waals surface area contributed by atoms with Crippen LogP contribution in [0.25, 0.3) is 0 Å². The number of hydrogen-bond donors (Lipinski definition) is 1. The van der Waals surface area contributed by atoms with E-state index in [4.69, 9.17) is 4.74 Å². The summed E-state index contributed by atoms with van der Waals surface area (Å²) in [7, 11) is 0. The number of nitrogens with one attached hydrogen (secondary N) is 1. The van der Waals surface area contributed by atoms with Crippen LogP contribution >= 0.6 is 0 Å². The van der Waals surface area contributed by atoms with E-state index >= 15 is 0 Å². The second-order valence-electron chi connectivity index (χ2n) is 4.02. The smallest absolute Gasteiger partial charge is 0.0888 e. The van der Waals surface area contributed by atoms with Crippen LogP contribution < -0.4 is 5.32 Å². The molecule has 1 aliphatic rings. The number of nitrogens with zero attached hydrogens (tertiary/aromatic N) is 1. The summed E-state index contributed by atoms with van der Waals surface area (Å²) in [6.45, 7) is 4.55. The number of hydrogen-bond acceptors (Lipinski definition) is 3. The van der Waals surface area contributed by atoms with E-state index in [0.29, 0.717) is 6.61 Å². The number of aromatic nitrogens is 1. The maximum atomic E-state index is 5.59. The van der Waals surface area contributed by atoms with Crippen LogP contribution in [0, 0.1) is 5.92 Å². The van der Waals surface area contributed by atoms with Crippen LogP contribution in [0.1, 0.15) is 25.5 Å². The second-order valence-corrected chi connectivity index (χ2v) is 4.02. The Kier molecular flexibility index (Phi) is 3.56. The highest BCUT2D eigenvalue weighted by Crippen LogP contribution is 2.29. The summed E-state index contributed by atoms with van der Waals surface area (Å²) in [6, 6.07) is 4.03. The zero-order valence-corrected chi connectivity index (χ0v) is 9.20. The van der Waals surface area contributed by atoms with Crippen molar-refractivity contribution in [2.75, 3.05) is 18.5 Å². The first kappa shape index (κ1) is 10.4. The van der Waals surface area contributed by atoms with Crippen LogP contribution in [0.15, 0.2) is 18.3 Å². The third-order valence-corrected chi connectivity index (χ3v) is 2.50. The first-order valence-corrected chi connectivity index (χ1v) is 5.65. The van der Waals surface area contributed by atoms with Gasteiger partial charge in [0, 0.05) is 25.0 Å². The molecule has 0 unspecified atom stereocenters. The lowest BCUT2D eigenvalue weighted by Gasteiger charge is -2.06. The molecule has 0 bridgehead atoms. The molecule has 0 radical (unpaired) electrons. The highest BCUT2D eigenvalue weighted by atomic mass is 16.5. The van der Waals surface area contributed by atoms with Gasteiger partial charge in [0.15, 0.2) is 0 Å². The van der Waals surface area contributed by atoms with Gasteiger partial charge in [0.2, 0.25) is 0 Å². The van der Waals surface area contributed by atoms with Crippen LogP contribution in [0.2, 0.25) is 0 Å². The highest BCUT2D eigenvalue weighted by molar-refractivity contribution is 5.42. The molecular formula is C12H18N2O. The number of pyridine rings is 1. The summed E-state index contributed by atoms with van der Waals surface area (Å²) in [5, 5.41) is 3.26. The van der Waals surface area contributed by atoms with Crippen LogP contribution in [-0.2, 0) is 11.3 Å². The summed E-state index contributed by atoms with van der Waals surface area (Å²) < 4.78 is 5.59. The molecule has 2 rings (SSSR count). The van der Waals surface area contributed by atoms with Crippen LogP contribution in [-0.4, -0.2) is 18.1 Å². The fraction of sp³-hybridized carbons (Fsp3) is 0.583. The molecule has 3 heteroatoms. The topological polar surface area (TPSA) is 34.2 Å². The largest absolute Gasteiger partial charge is 0.385 e. The Labute approximate surface area is 90.9 Å². The molecule has 3 nitrogen and oxygen atoms in total. The van der Waals surface area contributed by atoms with Crippen molar-refractivity contribution in [3.8, 4) is 0 Å². The number of rotatable bonds is 6. The van der Waals surface area contributed by atoms with Crippen molar-refractivity contribution in [2.24, 2.45) is 5.92 Å². The standard InChI is InChI=1S/C12H18N2O/c1-2-13-11-5-6-14-12(7-11)9-15-8-10-3-4-10/h5-7,10H,2-4,8-9H2,1H3,(H,13,14). The van der Waals surface area contributed by atoms with Crippen LogP contribution in [0.5, 0.6) is 0 Å². The molecule has 1 aromatic rings. The lowest BCUT2D eigenvalue weighted by Crippen LogP contribution is -2.01. The quantitative estimate of drug-likeness (QED) is 0.776. The molecule has 1 aromatic heterocycles. The fourth-order valence-corrected chi connectivity index (χ4v) is 1.49. The predicted octanol–water partition coefficient (Wildman–Crippen LogP) is 2.44. The highest BCUT2D eigenvalue weighted by Gasteiger charge is 2.21. The van der Waals surface area contributed by atoms with Gasteiger partial charge in [0.05, 0.1) is 12.3 Å². The van der Waals surface area contributed by atoms with Gasteiger partial charge in [-0.1, -0.05) is 0 Å². The molecule has 0 atom stereocenters. The molecule has 0 saturated heterocycles. The first-order valence-electron chi connectivity index (χ1n) is 5.65. The van der Waals surface area contributed by atoms with Crippen LogP contribution in [0.3, 0.4) is 0 Å². The Balaban J connectivity index is 1.80. The van der Waals surface area contributed by atoms with E-state index in [1.54, 1.807) is 0 Å². The average Bonchev–Trinajstić information content (AvgIpc) is 3.03. The minimum Gasteiger partial charge on any atom is -0.385 e. The minimum atomic E-state index is 0.635. The Bertz CT molecular complexity index is 310. The number of anilines is 1. The Morgan fingerprint density at radius 2 is 2.40 bits per heavy atom. The summed E-state index contributed by atoms with van der Waals surface area (Å²) in [5.41, 5.74) is 2.13. The van der Waals surface area contributed by atoms with Gasteiger partial charge >= 0.3 is 0 Å². The zero-order valence-electron chi connectivity index (χ0n) is 9.20. The van der Waals surface area contributed by atoms with Gasteiger partial charge in [0.25, 0.3) is 0 Å². The van der Waals surface area contributed by atoms with Crippen molar-refractivity contribution < 1.29 is 4.74 Å². The number of ether oxygens (including phenoxy) is 1. The van der Waals surface area contributed by atoms with E-state index in [0.717, 1.165) is 30.5 Å². The van der Waals surface area contributed by atoms with Crippen molar-refractivity contribution >= 4 is 5.69 Å². The van der Waals surface area contributed by atoms with Crippen molar-refractivity contribution in [3.63, 3.8) is 0 Å². The molecule has 1 heterocycles. The molecule has 1 saturated carbocycles. The minimum absolute atomic E-state index is 0.635. The first-order chi connectivity index (χ1) is 7.38. The maximum Gasteiger partial charge on any atom is 0.0888 e. The van der Waals surface area contributed by atoms with Gasteiger partial charge in [-0.15, -0.1) is 0 Å². The lowest BCUT2D eigenvalue weighted by atomic mass is 10.3. The van der Waals surface area contributed by atoms with Gasteiger partial charge in [-0.2, -0.15) is 0 Å². The van der Waals surface area contributed by atoms with Gasteiger partial charge in [-0.3, -0.25) is 4.98 Å². The Hall–Kier alpha value is -1.09. The molecule has 1 N–H and O–H groups in total. The van der Waals surface area contributed by atoms with E-state index in [2.05, 4.69) is 23.3 Å². The van der Waals surface area contributed by atoms with Gasteiger partial charge in [0.1, 0.15) is 0 Å². The maximum absolute atomic E-state index is 5.59. The Morgan fingerprint density at radius 3 is 3.13 bits per heavy atom. The van der Waals surface area contributed by atoms with E-state index in [-0.39, 0.29) is 0 Å². The zero-order chi connectivity index (χ0) is 10.5. The van der Waals surface area contributed by atoms with Gasteiger partial charge < -0.3 is 10.1 Å². The summed E-state index contributed by atoms with van der Waals surface area (Å²) in [5.74, 6) is 0.821. The van der Waals surface area contributed by atoms with Crippen molar-refractivity contribution in [3.05, 3.63) is 24.0 Å². The molecule has 15 heavy (non-hydrogen) atoms. The molecular weight excluding hydrogens is 188 g/mol. The molecule has 1 aliphatic carbocycles. The normalized spacial score (nSPS) is 15.3. The van der Waals surface area contributed by atoms with E-state index in [1.165, 1.54) is 12.8 Å². The average molecular weight is 206 g/mol. The van der Waals surface area contributed by atoms with Crippen molar-refractivity contribution in [1.82, 2.24) is 4.98 Å². The molecule has 0 spiro atoms. The molecule has 0 amide bonds. The molecule has 0 aromatic carbocycles. The lowest BCUT2D eigenvalue weighted by molar-refractivity contribution is 0.109. The SMILES string of the molecule is CCNc1ccnc(COCC2CC2)c1. The monoisotopic (exact) mass is 206 g/mol. The summed E-state index contributed by atoms with van der Waals surface area (Å²) >= 11 is 0. The fourth-order valence-electron chi connectivity index (χ4n) is 1.49. The van der Waals surface area contributed by atoms with Gasteiger partial charge in [-0.25, -0.2) is 0 Å². The molecule has 82 valence electrons. The molecule has 1 fully saturated rings. The van der Waals surface area contributed by atoms with E-state index < -0.39 is 0 Å².